The van der Waals surface area contributed by atoms with E-state index in [0.29, 0.717) is 11.7 Å². The van der Waals surface area contributed by atoms with Crippen LogP contribution in [0.3, 0.4) is 0 Å². The molecule has 1 aromatic carbocycles. The van der Waals surface area contributed by atoms with Gasteiger partial charge >= 0.3 is 0 Å². The van der Waals surface area contributed by atoms with Crippen molar-refractivity contribution in [2.45, 2.75) is 19.9 Å². The Kier molecular flexibility index (Phi) is 4.74. The molecule has 5 heteroatoms. The lowest BCUT2D eigenvalue weighted by Gasteiger charge is -2.10. The highest BCUT2D eigenvalue weighted by Gasteiger charge is 2.09. The van der Waals surface area contributed by atoms with E-state index in [-0.39, 0.29) is 5.91 Å². The Bertz CT molecular complexity index is 596. The molecule has 0 atom stereocenters. The summed E-state index contributed by atoms with van der Waals surface area (Å²) in [6.45, 7) is 4.10. The molecule has 0 spiro atoms. The molecule has 0 fully saturated rings. The van der Waals surface area contributed by atoms with Gasteiger partial charge in [-0.05, 0) is 54.0 Å². The number of halogens is 1. The minimum Gasteiger partial charge on any atom is -0.382 e. The molecule has 2 aromatic rings. The highest BCUT2D eigenvalue weighted by molar-refractivity contribution is 9.10. The molecule has 0 saturated carbocycles. The van der Waals surface area contributed by atoms with Crippen LogP contribution >= 0.6 is 15.9 Å². The SMILES string of the molecule is CC(C)Nc1ccc(C(=O)Nc2ccccc2Br)nc1. The molecule has 2 rings (SSSR count). The van der Waals surface area contributed by atoms with Crippen molar-refractivity contribution in [3.05, 3.63) is 52.8 Å². The summed E-state index contributed by atoms with van der Waals surface area (Å²) in [6, 6.07) is 11.3. The number of rotatable bonds is 4. The second-order valence-electron chi connectivity index (χ2n) is 4.67. The van der Waals surface area contributed by atoms with E-state index in [1.54, 1.807) is 12.3 Å². The zero-order valence-electron chi connectivity index (χ0n) is 11.4. The number of carbonyl (C=O) groups excluding carboxylic acids is 1. The van der Waals surface area contributed by atoms with Crippen molar-refractivity contribution in [2.24, 2.45) is 0 Å². The molecule has 20 heavy (non-hydrogen) atoms. The summed E-state index contributed by atoms with van der Waals surface area (Å²) in [4.78, 5) is 16.3. The highest BCUT2D eigenvalue weighted by Crippen LogP contribution is 2.21. The van der Waals surface area contributed by atoms with Crippen LogP contribution < -0.4 is 10.6 Å². The van der Waals surface area contributed by atoms with E-state index < -0.39 is 0 Å². The van der Waals surface area contributed by atoms with Crippen molar-refractivity contribution < 1.29 is 4.79 Å². The van der Waals surface area contributed by atoms with Crippen LogP contribution in [0.1, 0.15) is 24.3 Å². The molecule has 0 saturated heterocycles. The first-order chi connectivity index (χ1) is 9.56. The van der Waals surface area contributed by atoms with Gasteiger partial charge in [0.2, 0.25) is 0 Å². The van der Waals surface area contributed by atoms with Gasteiger partial charge in [-0.15, -0.1) is 0 Å². The normalized spacial score (nSPS) is 10.4. The predicted molar refractivity (Wildman–Crippen MR) is 85.1 cm³/mol. The van der Waals surface area contributed by atoms with Crippen molar-refractivity contribution in [3.8, 4) is 0 Å². The van der Waals surface area contributed by atoms with Gasteiger partial charge in [-0.3, -0.25) is 4.79 Å². The van der Waals surface area contributed by atoms with E-state index >= 15 is 0 Å². The van der Waals surface area contributed by atoms with Crippen LogP contribution in [0.4, 0.5) is 11.4 Å². The number of carbonyl (C=O) groups is 1. The van der Waals surface area contributed by atoms with E-state index in [2.05, 4.69) is 31.5 Å². The zero-order chi connectivity index (χ0) is 14.5. The molecular formula is C15H16BrN3O. The number of amides is 1. The minimum absolute atomic E-state index is 0.229. The van der Waals surface area contributed by atoms with Gasteiger partial charge in [0.05, 0.1) is 17.6 Å². The Balaban J connectivity index is 2.08. The second-order valence-corrected chi connectivity index (χ2v) is 5.52. The van der Waals surface area contributed by atoms with Crippen LogP contribution in [0.15, 0.2) is 47.1 Å². The second kappa shape index (κ2) is 6.52. The first kappa shape index (κ1) is 14.5. The molecule has 1 aromatic heterocycles. The Labute approximate surface area is 126 Å². The number of nitrogens with one attached hydrogen (secondary N) is 2. The summed E-state index contributed by atoms with van der Waals surface area (Å²) in [5, 5.41) is 6.05. The van der Waals surface area contributed by atoms with Gasteiger partial charge in [0.15, 0.2) is 0 Å². The van der Waals surface area contributed by atoms with Crippen LogP contribution in [0.2, 0.25) is 0 Å². The van der Waals surface area contributed by atoms with Gasteiger partial charge in [-0.25, -0.2) is 4.98 Å². The van der Waals surface area contributed by atoms with Crippen molar-refractivity contribution in [1.82, 2.24) is 4.98 Å². The summed E-state index contributed by atoms with van der Waals surface area (Å²) in [7, 11) is 0. The summed E-state index contributed by atoms with van der Waals surface area (Å²) in [5.41, 5.74) is 2.01. The number of pyridine rings is 1. The zero-order valence-corrected chi connectivity index (χ0v) is 12.9. The minimum atomic E-state index is -0.229. The number of benzene rings is 1. The number of nitrogens with zero attached hydrogens (tertiary/aromatic N) is 1. The Morgan fingerprint density at radius 3 is 2.55 bits per heavy atom. The van der Waals surface area contributed by atoms with Gasteiger partial charge < -0.3 is 10.6 Å². The standard InChI is InChI=1S/C15H16BrN3O/c1-10(2)18-11-7-8-14(17-9-11)15(20)19-13-6-4-3-5-12(13)16/h3-10,18H,1-2H3,(H,19,20). The largest absolute Gasteiger partial charge is 0.382 e. The summed E-state index contributed by atoms with van der Waals surface area (Å²) in [5.74, 6) is -0.229. The topological polar surface area (TPSA) is 54.0 Å². The van der Waals surface area contributed by atoms with E-state index in [1.165, 1.54) is 0 Å². The van der Waals surface area contributed by atoms with Crippen molar-refractivity contribution in [2.75, 3.05) is 10.6 Å². The van der Waals surface area contributed by atoms with Gasteiger partial charge in [0, 0.05) is 10.5 Å². The monoisotopic (exact) mass is 333 g/mol. The molecule has 4 nitrogen and oxygen atoms in total. The van der Waals surface area contributed by atoms with Crippen LogP contribution in [-0.2, 0) is 0 Å². The van der Waals surface area contributed by atoms with Gasteiger partial charge in [0.1, 0.15) is 5.69 Å². The molecule has 0 radical (unpaired) electrons. The Morgan fingerprint density at radius 2 is 1.95 bits per heavy atom. The molecule has 0 aliphatic heterocycles. The molecule has 104 valence electrons. The molecule has 2 N–H and O–H groups in total. The van der Waals surface area contributed by atoms with Crippen molar-refractivity contribution in [3.63, 3.8) is 0 Å². The molecule has 0 aliphatic carbocycles. The molecular weight excluding hydrogens is 318 g/mol. The number of para-hydroxylation sites is 1. The fourth-order valence-corrected chi connectivity index (χ4v) is 2.08. The fraction of sp³-hybridized carbons (Fsp3) is 0.200. The van der Waals surface area contributed by atoms with Crippen molar-refractivity contribution >= 4 is 33.2 Å². The Morgan fingerprint density at radius 1 is 1.20 bits per heavy atom. The van der Waals surface area contributed by atoms with Crippen LogP contribution in [0.25, 0.3) is 0 Å². The van der Waals surface area contributed by atoms with Crippen LogP contribution in [-0.4, -0.2) is 16.9 Å². The predicted octanol–water partition coefficient (Wildman–Crippen LogP) is 3.92. The first-order valence-corrected chi connectivity index (χ1v) is 7.14. The summed E-state index contributed by atoms with van der Waals surface area (Å²) in [6.07, 6.45) is 1.66. The highest BCUT2D eigenvalue weighted by atomic mass is 79.9. The van der Waals surface area contributed by atoms with Gasteiger partial charge in [-0.1, -0.05) is 12.1 Å². The molecule has 1 heterocycles. The molecule has 1 amide bonds. The Hall–Kier alpha value is -1.88. The average Bonchev–Trinajstić information content (AvgIpc) is 2.41. The first-order valence-electron chi connectivity index (χ1n) is 6.34. The molecule has 0 bridgehead atoms. The number of hydrogen-bond donors (Lipinski definition) is 2. The average molecular weight is 334 g/mol. The molecule has 0 aliphatic rings. The lowest BCUT2D eigenvalue weighted by atomic mass is 10.2. The maximum absolute atomic E-state index is 12.1. The summed E-state index contributed by atoms with van der Waals surface area (Å²) >= 11 is 3.39. The maximum Gasteiger partial charge on any atom is 0.274 e. The lowest BCUT2D eigenvalue weighted by molar-refractivity contribution is 0.102. The number of hydrogen-bond acceptors (Lipinski definition) is 3. The third-order valence-corrected chi connectivity index (χ3v) is 3.27. The van der Waals surface area contributed by atoms with E-state index in [0.717, 1.165) is 15.8 Å². The van der Waals surface area contributed by atoms with E-state index in [4.69, 9.17) is 0 Å². The lowest BCUT2D eigenvalue weighted by Crippen LogP contribution is -2.15. The summed E-state index contributed by atoms with van der Waals surface area (Å²) < 4.78 is 0.839. The van der Waals surface area contributed by atoms with Gasteiger partial charge in [-0.2, -0.15) is 0 Å². The molecule has 0 unspecified atom stereocenters. The third-order valence-electron chi connectivity index (χ3n) is 2.57. The third kappa shape index (κ3) is 3.81. The van der Waals surface area contributed by atoms with Crippen molar-refractivity contribution in [1.29, 1.82) is 0 Å². The van der Waals surface area contributed by atoms with Gasteiger partial charge in [0.25, 0.3) is 5.91 Å². The number of anilines is 2. The van der Waals surface area contributed by atoms with Crippen LogP contribution in [0.5, 0.6) is 0 Å². The maximum atomic E-state index is 12.1. The number of aromatic nitrogens is 1. The van der Waals surface area contributed by atoms with E-state index in [9.17, 15) is 4.79 Å². The van der Waals surface area contributed by atoms with Crippen LogP contribution in [0, 0.1) is 0 Å². The quantitative estimate of drug-likeness (QED) is 0.891. The smallest absolute Gasteiger partial charge is 0.274 e. The van der Waals surface area contributed by atoms with E-state index in [1.807, 2.05) is 44.2 Å². The fourth-order valence-electron chi connectivity index (χ4n) is 1.70.